The van der Waals surface area contributed by atoms with E-state index in [1.807, 2.05) is 11.8 Å². The SMILES string of the molecule is NNC(c1cc2c(s1)CCSC2)c1ccc(F)cc1F. The fourth-order valence-corrected chi connectivity index (χ4v) is 4.83. The van der Waals surface area contributed by atoms with Gasteiger partial charge in [-0.2, -0.15) is 11.8 Å². The molecule has 0 saturated heterocycles. The van der Waals surface area contributed by atoms with Crippen LogP contribution in [0.15, 0.2) is 24.3 Å². The van der Waals surface area contributed by atoms with Crippen LogP contribution in [0.4, 0.5) is 8.78 Å². The Kier molecular flexibility index (Phi) is 4.07. The van der Waals surface area contributed by atoms with Crippen molar-refractivity contribution in [1.82, 2.24) is 5.43 Å². The fraction of sp³-hybridized carbons (Fsp3) is 0.286. The summed E-state index contributed by atoms with van der Waals surface area (Å²) in [4.78, 5) is 2.33. The molecule has 0 spiro atoms. The molecular weight excluding hydrogens is 298 g/mol. The van der Waals surface area contributed by atoms with E-state index >= 15 is 0 Å². The van der Waals surface area contributed by atoms with Crippen LogP contribution in [-0.2, 0) is 12.2 Å². The first-order valence-corrected chi connectivity index (χ1v) is 8.26. The molecule has 2 heterocycles. The third-order valence-electron chi connectivity index (χ3n) is 3.37. The number of thiophene rings is 1. The van der Waals surface area contributed by atoms with E-state index in [1.165, 1.54) is 22.6 Å². The quantitative estimate of drug-likeness (QED) is 0.674. The molecule has 0 amide bonds. The number of rotatable bonds is 3. The summed E-state index contributed by atoms with van der Waals surface area (Å²) in [5.41, 5.74) is 4.33. The van der Waals surface area contributed by atoms with Crippen LogP contribution in [0.5, 0.6) is 0 Å². The lowest BCUT2D eigenvalue weighted by atomic mass is 10.0. The van der Waals surface area contributed by atoms with E-state index in [1.54, 1.807) is 11.3 Å². The number of halogens is 2. The van der Waals surface area contributed by atoms with Crippen LogP contribution >= 0.6 is 23.1 Å². The third-order valence-corrected chi connectivity index (χ3v) is 5.68. The van der Waals surface area contributed by atoms with E-state index in [0.29, 0.717) is 5.56 Å². The lowest BCUT2D eigenvalue weighted by molar-refractivity contribution is 0.544. The van der Waals surface area contributed by atoms with Crippen LogP contribution in [0.1, 0.15) is 26.9 Å². The van der Waals surface area contributed by atoms with E-state index in [-0.39, 0.29) is 0 Å². The highest BCUT2D eigenvalue weighted by Gasteiger charge is 2.22. The zero-order chi connectivity index (χ0) is 14.1. The molecule has 1 aliphatic heterocycles. The van der Waals surface area contributed by atoms with Gasteiger partial charge in [0, 0.05) is 27.1 Å². The first-order chi connectivity index (χ1) is 9.69. The second-order valence-electron chi connectivity index (χ2n) is 4.67. The van der Waals surface area contributed by atoms with E-state index in [2.05, 4.69) is 11.5 Å². The van der Waals surface area contributed by atoms with E-state index in [0.717, 1.165) is 28.9 Å². The second kappa shape index (κ2) is 5.81. The maximum Gasteiger partial charge on any atom is 0.131 e. The summed E-state index contributed by atoms with van der Waals surface area (Å²) in [7, 11) is 0. The van der Waals surface area contributed by atoms with Gasteiger partial charge in [0.2, 0.25) is 0 Å². The molecular formula is C14H14F2N2S2. The summed E-state index contributed by atoms with van der Waals surface area (Å²) in [6, 6.07) is 5.24. The maximum absolute atomic E-state index is 13.9. The summed E-state index contributed by atoms with van der Waals surface area (Å²) in [6.07, 6.45) is 1.05. The van der Waals surface area contributed by atoms with E-state index in [9.17, 15) is 8.78 Å². The van der Waals surface area contributed by atoms with Crippen LogP contribution < -0.4 is 11.3 Å². The smallest absolute Gasteiger partial charge is 0.131 e. The van der Waals surface area contributed by atoms with Crippen LogP contribution in [-0.4, -0.2) is 5.75 Å². The van der Waals surface area contributed by atoms with Crippen molar-refractivity contribution in [3.05, 3.63) is 56.8 Å². The summed E-state index contributed by atoms with van der Waals surface area (Å²) < 4.78 is 26.9. The topological polar surface area (TPSA) is 38.0 Å². The molecule has 1 aromatic heterocycles. The number of aryl methyl sites for hydroxylation is 1. The molecule has 1 aromatic carbocycles. The number of thioether (sulfide) groups is 1. The first kappa shape index (κ1) is 14.0. The van der Waals surface area contributed by atoms with Gasteiger partial charge in [0.25, 0.3) is 0 Å². The lowest BCUT2D eigenvalue weighted by Crippen LogP contribution is -2.29. The largest absolute Gasteiger partial charge is 0.271 e. The molecule has 0 radical (unpaired) electrons. The minimum Gasteiger partial charge on any atom is -0.271 e. The highest BCUT2D eigenvalue weighted by atomic mass is 32.2. The number of fused-ring (bicyclic) bond motifs is 1. The van der Waals surface area contributed by atoms with Gasteiger partial charge >= 0.3 is 0 Å². The molecule has 20 heavy (non-hydrogen) atoms. The van der Waals surface area contributed by atoms with Gasteiger partial charge in [-0.3, -0.25) is 5.84 Å². The number of nitrogens with one attached hydrogen (secondary N) is 1. The normalized spacial score (nSPS) is 15.9. The van der Waals surface area contributed by atoms with Gasteiger partial charge in [-0.05, 0) is 29.9 Å². The highest BCUT2D eigenvalue weighted by Crippen LogP contribution is 2.36. The molecule has 0 bridgehead atoms. The molecule has 106 valence electrons. The zero-order valence-electron chi connectivity index (χ0n) is 10.7. The molecule has 0 saturated carbocycles. The molecule has 3 rings (SSSR count). The van der Waals surface area contributed by atoms with E-state index in [4.69, 9.17) is 5.84 Å². The molecule has 0 fully saturated rings. The summed E-state index contributed by atoms with van der Waals surface area (Å²) in [5.74, 6) is 6.56. The highest BCUT2D eigenvalue weighted by molar-refractivity contribution is 7.98. The van der Waals surface area contributed by atoms with Crippen LogP contribution in [0, 0.1) is 11.6 Å². The summed E-state index contributed by atoms with van der Waals surface area (Å²) >= 11 is 3.56. The van der Waals surface area contributed by atoms with Crippen molar-refractivity contribution in [1.29, 1.82) is 0 Å². The number of benzene rings is 1. The molecule has 3 N–H and O–H groups in total. The summed E-state index contributed by atoms with van der Waals surface area (Å²) in [6.45, 7) is 0. The van der Waals surface area contributed by atoms with Crippen molar-refractivity contribution in [3.63, 3.8) is 0 Å². The van der Waals surface area contributed by atoms with Gasteiger partial charge in [0.1, 0.15) is 11.6 Å². The molecule has 1 atom stereocenters. The minimum absolute atomic E-state index is 0.375. The first-order valence-electron chi connectivity index (χ1n) is 6.29. The Morgan fingerprint density at radius 2 is 2.10 bits per heavy atom. The fourth-order valence-electron chi connectivity index (χ4n) is 2.37. The van der Waals surface area contributed by atoms with Gasteiger partial charge < -0.3 is 0 Å². The Morgan fingerprint density at radius 3 is 2.80 bits per heavy atom. The van der Waals surface area contributed by atoms with Gasteiger partial charge in [0.05, 0.1) is 6.04 Å². The maximum atomic E-state index is 13.9. The molecule has 1 unspecified atom stereocenters. The predicted molar refractivity (Wildman–Crippen MR) is 79.7 cm³/mol. The van der Waals surface area contributed by atoms with E-state index < -0.39 is 17.7 Å². The Morgan fingerprint density at radius 1 is 1.25 bits per heavy atom. The third kappa shape index (κ3) is 2.61. The molecule has 2 nitrogen and oxygen atoms in total. The average Bonchev–Trinajstić information content (AvgIpc) is 2.85. The zero-order valence-corrected chi connectivity index (χ0v) is 12.3. The minimum atomic E-state index is -0.580. The van der Waals surface area contributed by atoms with Crippen molar-refractivity contribution in [2.75, 3.05) is 5.75 Å². The Balaban J connectivity index is 1.98. The number of hydrogen-bond donors (Lipinski definition) is 2. The molecule has 2 aromatic rings. The number of hydrogen-bond acceptors (Lipinski definition) is 4. The monoisotopic (exact) mass is 312 g/mol. The van der Waals surface area contributed by atoms with Crippen molar-refractivity contribution in [3.8, 4) is 0 Å². The van der Waals surface area contributed by atoms with Gasteiger partial charge in [-0.25, -0.2) is 14.2 Å². The molecule has 1 aliphatic rings. The molecule has 6 heteroatoms. The number of nitrogens with two attached hydrogens (primary N) is 1. The Hall–Kier alpha value is -0.950. The van der Waals surface area contributed by atoms with Gasteiger partial charge in [-0.15, -0.1) is 11.3 Å². The van der Waals surface area contributed by atoms with Gasteiger partial charge in [0.15, 0.2) is 0 Å². The van der Waals surface area contributed by atoms with Crippen molar-refractivity contribution < 1.29 is 8.78 Å². The lowest BCUT2D eigenvalue weighted by Gasteiger charge is -2.15. The van der Waals surface area contributed by atoms with Gasteiger partial charge in [-0.1, -0.05) is 6.07 Å². The van der Waals surface area contributed by atoms with Crippen molar-refractivity contribution in [2.24, 2.45) is 5.84 Å². The predicted octanol–water partition coefficient (Wildman–Crippen LogP) is 3.37. The second-order valence-corrected chi connectivity index (χ2v) is 6.94. The Bertz CT molecular complexity index is 604. The summed E-state index contributed by atoms with van der Waals surface area (Å²) in [5, 5.41) is 0. The number of hydrazine groups is 1. The van der Waals surface area contributed by atoms with Crippen molar-refractivity contribution >= 4 is 23.1 Å². The van der Waals surface area contributed by atoms with Crippen LogP contribution in [0.2, 0.25) is 0 Å². The average molecular weight is 312 g/mol. The van der Waals surface area contributed by atoms with Crippen molar-refractivity contribution in [2.45, 2.75) is 18.2 Å². The molecule has 0 aliphatic carbocycles. The van der Waals surface area contributed by atoms with Crippen LogP contribution in [0.25, 0.3) is 0 Å². The Labute approximate surface area is 124 Å². The van der Waals surface area contributed by atoms with Crippen LogP contribution in [0.3, 0.4) is 0 Å². The standard InChI is InChI=1S/C14H14F2N2S2/c15-9-1-2-10(11(16)6-9)14(18-17)13-5-8-7-19-4-3-12(8)20-13/h1-2,5-6,14,18H,3-4,7,17H2.